The van der Waals surface area contributed by atoms with E-state index >= 15 is 0 Å². The second-order valence-electron chi connectivity index (χ2n) is 7.68. The summed E-state index contributed by atoms with van der Waals surface area (Å²) in [6.07, 6.45) is 0.702. The van der Waals surface area contributed by atoms with Crippen molar-refractivity contribution < 1.29 is 23.5 Å². The van der Waals surface area contributed by atoms with E-state index in [4.69, 9.17) is 9.47 Å². The van der Waals surface area contributed by atoms with Gasteiger partial charge in [-0.2, -0.15) is 0 Å². The number of amides is 2. The minimum absolute atomic E-state index is 0.0375. The molecule has 6 nitrogen and oxygen atoms in total. The maximum atomic E-state index is 13.3. The number of rotatable bonds is 10. The molecule has 0 bridgehead atoms. The molecule has 0 saturated carbocycles. The van der Waals surface area contributed by atoms with Crippen LogP contribution in [0.2, 0.25) is 0 Å². The summed E-state index contributed by atoms with van der Waals surface area (Å²) in [7, 11) is 3.13. The topological polar surface area (TPSA) is 67.9 Å². The summed E-state index contributed by atoms with van der Waals surface area (Å²) in [5.41, 5.74) is 1.68. The summed E-state index contributed by atoms with van der Waals surface area (Å²) in [4.78, 5) is 27.2. The fourth-order valence-corrected chi connectivity index (χ4v) is 3.21. The molecule has 0 saturated heterocycles. The van der Waals surface area contributed by atoms with Crippen molar-refractivity contribution in [3.05, 3.63) is 59.4 Å². The second-order valence-corrected chi connectivity index (χ2v) is 7.68. The molecule has 0 aliphatic carbocycles. The van der Waals surface area contributed by atoms with E-state index in [1.54, 1.807) is 39.3 Å². The van der Waals surface area contributed by atoms with Gasteiger partial charge in [0.25, 0.3) is 0 Å². The van der Waals surface area contributed by atoms with Gasteiger partial charge < -0.3 is 19.7 Å². The van der Waals surface area contributed by atoms with Crippen LogP contribution in [0.25, 0.3) is 0 Å². The van der Waals surface area contributed by atoms with Crippen LogP contribution in [-0.2, 0) is 22.6 Å². The summed E-state index contributed by atoms with van der Waals surface area (Å²) in [6, 6.07) is 10.8. The Morgan fingerprint density at radius 3 is 2.16 bits per heavy atom. The van der Waals surface area contributed by atoms with E-state index in [0.29, 0.717) is 17.9 Å². The zero-order valence-electron chi connectivity index (χ0n) is 18.8. The Hall–Kier alpha value is -3.09. The zero-order chi connectivity index (χ0) is 23.0. The molecular weight excluding hydrogens is 399 g/mol. The Morgan fingerprint density at radius 2 is 1.58 bits per heavy atom. The molecule has 0 aliphatic heterocycles. The van der Waals surface area contributed by atoms with Gasteiger partial charge >= 0.3 is 0 Å². The van der Waals surface area contributed by atoms with E-state index in [1.807, 2.05) is 26.0 Å². The molecule has 0 unspecified atom stereocenters. The van der Waals surface area contributed by atoms with E-state index in [2.05, 4.69) is 5.32 Å². The second kappa shape index (κ2) is 11.3. The number of ether oxygens (including phenoxy) is 2. The molecule has 0 aliphatic rings. The summed E-state index contributed by atoms with van der Waals surface area (Å²) in [5, 5.41) is 2.85. The Kier molecular flexibility index (Phi) is 8.85. The Bertz CT molecular complexity index is 884. The predicted molar refractivity (Wildman–Crippen MR) is 118 cm³/mol. The lowest BCUT2D eigenvalue weighted by Crippen LogP contribution is -2.49. The van der Waals surface area contributed by atoms with Crippen molar-refractivity contribution in [3.8, 4) is 11.5 Å². The molecule has 1 atom stereocenters. The minimum Gasteiger partial charge on any atom is -0.493 e. The summed E-state index contributed by atoms with van der Waals surface area (Å²) >= 11 is 0. The number of aryl methyl sites for hydroxylation is 1. The summed E-state index contributed by atoms with van der Waals surface area (Å²) in [5.74, 6) is 0.484. The number of nitrogens with zero attached hydrogens (tertiary/aromatic N) is 1. The van der Waals surface area contributed by atoms with E-state index in [0.717, 1.165) is 11.1 Å². The van der Waals surface area contributed by atoms with Gasteiger partial charge in [-0.25, -0.2) is 4.39 Å². The van der Waals surface area contributed by atoms with Crippen LogP contribution in [0.1, 0.15) is 38.3 Å². The van der Waals surface area contributed by atoms with E-state index in [1.165, 1.54) is 17.0 Å². The van der Waals surface area contributed by atoms with Gasteiger partial charge in [0.1, 0.15) is 11.9 Å². The highest BCUT2D eigenvalue weighted by Crippen LogP contribution is 2.28. The summed E-state index contributed by atoms with van der Waals surface area (Å²) in [6.45, 7) is 5.66. The number of carbonyl (C=O) groups excluding carboxylic acids is 2. The molecule has 1 N–H and O–H groups in total. The Balaban J connectivity index is 2.16. The minimum atomic E-state index is -0.662. The molecule has 0 spiro atoms. The highest BCUT2D eigenvalue weighted by molar-refractivity contribution is 5.87. The first-order valence-electron chi connectivity index (χ1n) is 10.3. The van der Waals surface area contributed by atoms with Crippen molar-refractivity contribution in [1.29, 1.82) is 0 Å². The summed E-state index contributed by atoms with van der Waals surface area (Å²) < 4.78 is 23.8. The van der Waals surface area contributed by atoms with Gasteiger partial charge in [0.05, 0.1) is 14.2 Å². The van der Waals surface area contributed by atoms with Crippen molar-refractivity contribution in [2.75, 3.05) is 14.2 Å². The maximum Gasteiger partial charge on any atom is 0.242 e. The van der Waals surface area contributed by atoms with E-state index in [-0.39, 0.29) is 36.6 Å². The highest BCUT2D eigenvalue weighted by atomic mass is 19.1. The number of nitrogens with one attached hydrogen (secondary N) is 1. The van der Waals surface area contributed by atoms with Gasteiger partial charge in [-0.3, -0.25) is 9.59 Å². The first kappa shape index (κ1) is 24.2. The molecule has 31 heavy (non-hydrogen) atoms. The van der Waals surface area contributed by atoms with Crippen LogP contribution < -0.4 is 14.8 Å². The third-order valence-electron chi connectivity index (χ3n) is 4.94. The SMILES string of the molecule is COc1ccc(CCC(=O)N(Cc2ccc(F)cc2)[C@@H](C)C(=O)NC(C)C)cc1OC. The fraction of sp³-hybridized carbons (Fsp3) is 0.417. The monoisotopic (exact) mass is 430 g/mol. The Morgan fingerprint density at radius 1 is 0.968 bits per heavy atom. The molecule has 2 rings (SSSR count). The largest absolute Gasteiger partial charge is 0.493 e. The number of methoxy groups -OCH3 is 2. The van der Waals surface area contributed by atoms with Gasteiger partial charge in [-0.1, -0.05) is 18.2 Å². The van der Waals surface area contributed by atoms with Crippen molar-refractivity contribution in [2.24, 2.45) is 0 Å². The zero-order valence-corrected chi connectivity index (χ0v) is 18.8. The quantitative estimate of drug-likeness (QED) is 0.624. The number of carbonyl (C=O) groups is 2. The fourth-order valence-electron chi connectivity index (χ4n) is 3.21. The van der Waals surface area contributed by atoms with Crippen LogP contribution >= 0.6 is 0 Å². The van der Waals surface area contributed by atoms with Gasteiger partial charge in [0, 0.05) is 19.0 Å². The third-order valence-corrected chi connectivity index (χ3v) is 4.94. The van der Waals surface area contributed by atoms with Crippen molar-refractivity contribution >= 4 is 11.8 Å². The smallest absolute Gasteiger partial charge is 0.242 e. The van der Waals surface area contributed by atoms with Crippen molar-refractivity contribution in [2.45, 2.75) is 52.2 Å². The van der Waals surface area contributed by atoms with Crippen molar-refractivity contribution in [1.82, 2.24) is 10.2 Å². The highest BCUT2D eigenvalue weighted by Gasteiger charge is 2.26. The lowest BCUT2D eigenvalue weighted by Gasteiger charge is -2.29. The van der Waals surface area contributed by atoms with Gasteiger partial charge in [-0.05, 0) is 62.6 Å². The lowest BCUT2D eigenvalue weighted by atomic mass is 10.1. The van der Waals surface area contributed by atoms with Crippen LogP contribution in [0.5, 0.6) is 11.5 Å². The van der Waals surface area contributed by atoms with E-state index < -0.39 is 6.04 Å². The molecule has 0 fully saturated rings. The van der Waals surface area contributed by atoms with Crippen LogP contribution in [0, 0.1) is 5.82 Å². The average molecular weight is 431 g/mol. The third kappa shape index (κ3) is 6.98. The average Bonchev–Trinajstić information content (AvgIpc) is 2.75. The van der Waals surface area contributed by atoms with Gasteiger partial charge in [0.2, 0.25) is 11.8 Å². The van der Waals surface area contributed by atoms with Crippen molar-refractivity contribution in [3.63, 3.8) is 0 Å². The first-order valence-corrected chi connectivity index (χ1v) is 10.3. The van der Waals surface area contributed by atoms with Crippen LogP contribution in [0.3, 0.4) is 0 Å². The maximum absolute atomic E-state index is 13.3. The van der Waals surface area contributed by atoms with Gasteiger partial charge in [0.15, 0.2) is 11.5 Å². The Labute approximate surface area is 183 Å². The number of hydrogen-bond acceptors (Lipinski definition) is 4. The molecule has 0 heterocycles. The molecule has 168 valence electrons. The molecule has 2 aromatic carbocycles. The normalized spacial score (nSPS) is 11.7. The number of benzene rings is 2. The van der Waals surface area contributed by atoms with Crippen LogP contribution in [0.4, 0.5) is 4.39 Å². The first-order chi connectivity index (χ1) is 14.7. The number of hydrogen-bond donors (Lipinski definition) is 1. The molecule has 2 aromatic rings. The number of halogens is 1. The standard InChI is InChI=1S/C24H31FN2O4/c1-16(2)26-24(29)17(3)27(15-19-6-10-20(25)11-7-19)23(28)13-9-18-8-12-21(30-4)22(14-18)31-5/h6-8,10-12,14,16-17H,9,13,15H2,1-5H3,(H,26,29)/t17-/m0/s1. The van der Waals surface area contributed by atoms with Crippen LogP contribution in [-0.4, -0.2) is 43.0 Å². The predicted octanol–water partition coefficient (Wildman–Crippen LogP) is 3.72. The van der Waals surface area contributed by atoms with E-state index in [9.17, 15) is 14.0 Å². The molecular formula is C24H31FN2O4. The molecule has 2 amide bonds. The molecule has 0 aromatic heterocycles. The molecule has 0 radical (unpaired) electrons. The molecule has 7 heteroatoms. The lowest BCUT2D eigenvalue weighted by molar-refractivity contribution is -0.140. The van der Waals surface area contributed by atoms with Crippen LogP contribution in [0.15, 0.2) is 42.5 Å². The van der Waals surface area contributed by atoms with Gasteiger partial charge in [-0.15, -0.1) is 0 Å².